The molecule has 0 bridgehead atoms. The van der Waals surface area contributed by atoms with Gasteiger partial charge in [0.25, 0.3) is 11.5 Å². The molecule has 42 heavy (non-hydrogen) atoms. The number of pyridine rings is 3. The number of amides is 1. The van der Waals surface area contributed by atoms with Gasteiger partial charge in [-0.05, 0) is 59.7 Å². The van der Waals surface area contributed by atoms with E-state index in [-0.39, 0.29) is 22.8 Å². The number of fused-ring (bicyclic) bond motifs is 3. The highest BCUT2D eigenvalue weighted by molar-refractivity contribution is 6.06. The largest absolute Gasteiger partial charge is 0.417 e. The Morgan fingerprint density at radius 3 is 2.55 bits per heavy atom. The maximum absolute atomic E-state index is 13.7. The van der Waals surface area contributed by atoms with E-state index in [1.54, 1.807) is 30.4 Å². The molecule has 5 heterocycles. The topological polar surface area (TPSA) is 105 Å². The Morgan fingerprint density at radius 2 is 1.86 bits per heavy atom. The lowest BCUT2D eigenvalue weighted by Gasteiger charge is -2.31. The fraction of sp³-hybridized carbons (Fsp3) is 0.333. The number of aliphatic hydroxyl groups is 1. The van der Waals surface area contributed by atoms with Gasteiger partial charge in [-0.15, -0.1) is 0 Å². The molecule has 0 saturated carbocycles. The molecule has 9 nitrogen and oxygen atoms in total. The number of carbonyl (C=O) groups is 1. The number of rotatable bonds is 5. The number of aryl methyl sites for hydroxylation is 1. The Morgan fingerprint density at radius 1 is 1.07 bits per heavy atom. The van der Waals surface area contributed by atoms with Crippen LogP contribution in [0.4, 0.5) is 30.5 Å². The first-order chi connectivity index (χ1) is 19.9. The quantitative estimate of drug-likeness (QED) is 0.356. The molecule has 0 fully saturated rings. The average molecular weight is 579 g/mol. The number of nitrogens with zero attached hydrogens (tertiary/aromatic N) is 5. The second-order valence-corrected chi connectivity index (χ2v) is 11.6. The minimum Gasteiger partial charge on any atom is -0.392 e. The third-order valence-electron chi connectivity index (χ3n) is 7.92. The van der Waals surface area contributed by atoms with Gasteiger partial charge in [0.2, 0.25) is 0 Å². The molecule has 0 aromatic carbocycles. The molecule has 1 aliphatic heterocycles. The minimum absolute atomic E-state index is 0.0623. The lowest BCUT2D eigenvalue weighted by Crippen LogP contribution is -2.41. The van der Waals surface area contributed by atoms with Crippen molar-refractivity contribution in [3.8, 4) is 11.1 Å². The first-order valence-electron chi connectivity index (χ1n) is 13.5. The van der Waals surface area contributed by atoms with Crippen LogP contribution in [0.1, 0.15) is 46.7 Å². The van der Waals surface area contributed by atoms with Crippen LogP contribution in [-0.4, -0.2) is 36.7 Å². The Balaban J connectivity index is 1.34. The summed E-state index contributed by atoms with van der Waals surface area (Å²) in [5.41, 5.74) is 3.43. The average Bonchev–Trinajstić information content (AvgIpc) is 3.43. The van der Waals surface area contributed by atoms with Crippen molar-refractivity contribution in [1.29, 1.82) is 0 Å². The molecule has 0 spiro atoms. The van der Waals surface area contributed by atoms with E-state index in [1.807, 2.05) is 6.07 Å². The Bertz CT molecular complexity index is 1770. The molecule has 2 aliphatic rings. The van der Waals surface area contributed by atoms with Crippen LogP contribution < -0.4 is 15.8 Å². The SMILES string of the molecule is Cn1cc(-c2ccnc(N3CCn4c(cc5c4CC(C)(C)C5)C3=O)c2CO)cc(Nc2ccc(C(F)(F)F)cn2)c1=O. The summed E-state index contributed by atoms with van der Waals surface area (Å²) in [6, 6.07) is 7.22. The molecule has 1 amide bonds. The van der Waals surface area contributed by atoms with E-state index in [1.165, 1.54) is 21.9 Å². The van der Waals surface area contributed by atoms with Gasteiger partial charge in [-0.1, -0.05) is 13.8 Å². The molecule has 2 N–H and O–H groups in total. The maximum Gasteiger partial charge on any atom is 0.417 e. The number of hydrogen-bond donors (Lipinski definition) is 2. The number of carbonyl (C=O) groups excluding carboxylic acids is 1. The number of hydrogen-bond acceptors (Lipinski definition) is 6. The van der Waals surface area contributed by atoms with Crippen LogP contribution in [-0.2, 0) is 39.2 Å². The van der Waals surface area contributed by atoms with E-state index in [4.69, 9.17) is 0 Å². The van der Waals surface area contributed by atoms with E-state index < -0.39 is 23.9 Å². The van der Waals surface area contributed by atoms with Crippen molar-refractivity contribution in [2.24, 2.45) is 12.5 Å². The number of nitrogens with one attached hydrogen (secondary N) is 1. The van der Waals surface area contributed by atoms with Crippen LogP contribution in [0, 0.1) is 5.41 Å². The first-order valence-corrected chi connectivity index (χ1v) is 13.5. The summed E-state index contributed by atoms with van der Waals surface area (Å²) in [5, 5.41) is 13.3. The highest BCUT2D eigenvalue weighted by Gasteiger charge is 2.37. The van der Waals surface area contributed by atoms with Crippen molar-refractivity contribution in [1.82, 2.24) is 19.1 Å². The van der Waals surface area contributed by atoms with Crippen LogP contribution in [0.5, 0.6) is 0 Å². The van der Waals surface area contributed by atoms with E-state index in [9.17, 15) is 27.9 Å². The number of halogens is 3. The zero-order valence-electron chi connectivity index (χ0n) is 23.3. The monoisotopic (exact) mass is 578 g/mol. The van der Waals surface area contributed by atoms with E-state index in [0.717, 1.165) is 25.0 Å². The summed E-state index contributed by atoms with van der Waals surface area (Å²) >= 11 is 0. The predicted octanol–water partition coefficient (Wildman–Crippen LogP) is 4.68. The summed E-state index contributed by atoms with van der Waals surface area (Å²) < 4.78 is 42.2. The molecule has 6 rings (SSSR count). The molecular formula is C30H29F3N6O3. The van der Waals surface area contributed by atoms with Gasteiger partial charge in [0.15, 0.2) is 0 Å². The number of alkyl halides is 3. The molecule has 218 valence electrons. The lowest BCUT2D eigenvalue weighted by atomic mass is 9.90. The van der Waals surface area contributed by atoms with Crippen LogP contribution in [0.3, 0.4) is 0 Å². The van der Waals surface area contributed by atoms with Gasteiger partial charge in [-0.25, -0.2) is 9.97 Å². The van der Waals surface area contributed by atoms with Crippen LogP contribution >= 0.6 is 0 Å². The first kappa shape index (κ1) is 27.7. The van der Waals surface area contributed by atoms with E-state index >= 15 is 0 Å². The van der Waals surface area contributed by atoms with Gasteiger partial charge in [0.05, 0.1) is 12.2 Å². The van der Waals surface area contributed by atoms with Gasteiger partial charge >= 0.3 is 6.18 Å². The van der Waals surface area contributed by atoms with Crippen LogP contribution in [0.15, 0.2) is 53.7 Å². The van der Waals surface area contributed by atoms with Crippen molar-refractivity contribution in [3.63, 3.8) is 0 Å². The summed E-state index contributed by atoms with van der Waals surface area (Å²) in [6.45, 7) is 5.02. The van der Waals surface area contributed by atoms with Gasteiger partial charge in [-0.3, -0.25) is 14.5 Å². The second kappa shape index (κ2) is 9.83. The van der Waals surface area contributed by atoms with Crippen LogP contribution in [0.25, 0.3) is 11.1 Å². The van der Waals surface area contributed by atoms with Gasteiger partial charge < -0.3 is 19.6 Å². The van der Waals surface area contributed by atoms with Gasteiger partial charge in [0.1, 0.15) is 23.0 Å². The van der Waals surface area contributed by atoms with Crippen molar-refractivity contribution in [2.75, 3.05) is 16.8 Å². The predicted molar refractivity (Wildman–Crippen MR) is 151 cm³/mol. The summed E-state index contributed by atoms with van der Waals surface area (Å²) in [7, 11) is 1.54. The fourth-order valence-corrected chi connectivity index (χ4v) is 5.98. The third-order valence-corrected chi connectivity index (χ3v) is 7.92. The van der Waals surface area contributed by atoms with Crippen LogP contribution in [0.2, 0.25) is 0 Å². The number of aromatic nitrogens is 4. The Hall–Kier alpha value is -4.45. The second-order valence-electron chi connectivity index (χ2n) is 11.6. The molecule has 12 heteroatoms. The van der Waals surface area contributed by atoms with Crippen molar-refractivity contribution in [3.05, 3.63) is 87.4 Å². The Labute approximate surface area is 239 Å². The molecule has 0 radical (unpaired) electrons. The third kappa shape index (κ3) is 4.75. The number of anilines is 3. The standard InChI is InChI=1S/C30H29F3N6O3/c1-29(2)12-17-11-23-28(42)39(9-8-38(23)24(17)13-29)26-21(16-40)20(6-7-34-26)18-10-22(27(41)37(3)15-18)36-25-5-4-19(14-35-25)30(31,32)33/h4-7,10-11,14-15,40H,8-9,12-13,16H2,1-3H3,(H,35,36). The normalized spacial score (nSPS) is 16.0. The molecule has 0 unspecified atom stereocenters. The van der Waals surface area contributed by atoms with Crippen molar-refractivity contribution in [2.45, 2.75) is 46.0 Å². The lowest BCUT2D eigenvalue weighted by molar-refractivity contribution is -0.137. The molecule has 0 saturated heterocycles. The molecule has 4 aromatic rings. The smallest absolute Gasteiger partial charge is 0.392 e. The van der Waals surface area contributed by atoms with Gasteiger partial charge in [-0.2, -0.15) is 13.2 Å². The van der Waals surface area contributed by atoms with E-state index in [0.29, 0.717) is 47.5 Å². The highest BCUT2D eigenvalue weighted by Crippen LogP contribution is 2.40. The molecule has 1 aliphatic carbocycles. The molecule has 0 atom stereocenters. The minimum atomic E-state index is -4.53. The summed E-state index contributed by atoms with van der Waals surface area (Å²) in [5.74, 6) is 0.206. The van der Waals surface area contributed by atoms with Crippen molar-refractivity contribution >= 4 is 23.2 Å². The molecular weight excluding hydrogens is 549 g/mol. The fourth-order valence-electron chi connectivity index (χ4n) is 5.98. The number of aliphatic hydroxyl groups excluding tert-OH is 1. The Kier molecular flexibility index (Phi) is 6.48. The van der Waals surface area contributed by atoms with Gasteiger partial charge in [0, 0.05) is 55.5 Å². The summed E-state index contributed by atoms with van der Waals surface area (Å²) in [4.78, 5) is 36.4. The zero-order valence-corrected chi connectivity index (χ0v) is 23.3. The molecule has 4 aromatic heterocycles. The van der Waals surface area contributed by atoms with E-state index in [2.05, 4.69) is 33.7 Å². The zero-order chi connectivity index (χ0) is 30.0. The highest BCUT2D eigenvalue weighted by atomic mass is 19.4. The summed E-state index contributed by atoms with van der Waals surface area (Å²) in [6.07, 6.45) is 1.12. The van der Waals surface area contributed by atoms with Crippen molar-refractivity contribution < 1.29 is 23.1 Å². The maximum atomic E-state index is 13.7.